The van der Waals surface area contributed by atoms with Crippen molar-refractivity contribution in [3.05, 3.63) is 78.1 Å². The monoisotopic (exact) mass is 358 g/mol. The summed E-state index contributed by atoms with van der Waals surface area (Å²) in [5.41, 5.74) is 3.93. The third-order valence-electron chi connectivity index (χ3n) is 4.83. The smallest absolute Gasteiger partial charge is 0.356 e. The molecule has 0 saturated carbocycles. The Morgan fingerprint density at radius 3 is 2.59 bits per heavy atom. The number of aryl methyl sites for hydroxylation is 2. The summed E-state index contributed by atoms with van der Waals surface area (Å²) in [6, 6.07) is 20.7. The van der Waals surface area contributed by atoms with E-state index in [2.05, 4.69) is 52.0 Å². The van der Waals surface area contributed by atoms with Crippen molar-refractivity contribution in [1.82, 2.24) is 9.55 Å². The van der Waals surface area contributed by atoms with Crippen LogP contribution in [0.4, 0.5) is 0 Å². The number of carbonyl (C=O) groups is 1. The quantitative estimate of drug-likeness (QED) is 0.456. The Bertz CT molecular complexity index is 1080. The van der Waals surface area contributed by atoms with Crippen molar-refractivity contribution < 1.29 is 9.53 Å². The largest absolute Gasteiger partial charge is 0.461 e. The maximum Gasteiger partial charge on any atom is 0.356 e. The first-order chi connectivity index (χ1) is 13.3. The van der Waals surface area contributed by atoms with Gasteiger partial charge in [-0.15, -0.1) is 0 Å². The molecule has 0 aliphatic rings. The van der Waals surface area contributed by atoms with Gasteiger partial charge in [0.05, 0.1) is 18.3 Å². The van der Waals surface area contributed by atoms with Gasteiger partial charge in [0.15, 0.2) is 0 Å². The molecule has 4 nitrogen and oxygen atoms in total. The van der Waals surface area contributed by atoms with Gasteiger partial charge < -0.3 is 9.30 Å². The van der Waals surface area contributed by atoms with E-state index in [1.807, 2.05) is 18.2 Å². The average Bonchev–Trinajstić information content (AvgIpc) is 3.02. The number of nitrogens with zero attached hydrogens (tertiary/aromatic N) is 2. The minimum absolute atomic E-state index is 0.347. The number of esters is 1. The second-order valence-electron chi connectivity index (χ2n) is 6.57. The van der Waals surface area contributed by atoms with Gasteiger partial charge in [-0.3, -0.25) is 0 Å². The predicted molar refractivity (Wildman–Crippen MR) is 108 cm³/mol. The molecule has 2 aromatic heterocycles. The molecule has 0 fully saturated rings. The Hall–Kier alpha value is -3.14. The van der Waals surface area contributed by atoms with Crippen LogP contribution in [0, 0.1) is 0 Å². The van der Waals surface area contributed by atoms with Gasteiger partial charge in [0, 0.05) is 22.8 Å². The van der Waals surface area contributed by atoms with Crippen LogP contribution in [0.1, 0.15) is 29.4 Å². The van der Waals surface area contributed by atoms with Crippen LogP contribution in [-0.2, 0) is 17.7 Å². The van der Waals surface area contributed by atoms with Gasteiger partial charge in [-0.05, 0) is 37.5 Å². The first kappa shape index (κ1) is 17.3. The lowest BCUT2D eigenvalue weighted by molar-refractivity contribution is 0.0519. The van der Waals surface area contributed by atoms with Gasteiger partial charge in [-0.25, -0.2) is 9.78 Å². The maximum absolute atomic E-state index is 12.1. The van der Waals surface area contributed by atoms with Crippen LogP contribution in [0.25, 0.3) is 21.8 Å². The second kappa shape index (κ2) is 7.62. The molecule has 0 unspecified atom stereocenters. The lowest BCUT2D eigenvalue weighted by atomic mass is 10.1. The van der Waals surface area contributed by atoms with Crippen LogP contribution >= 0.6 is 0 Å². The molecule has 2 heterocycles. The summed E-state index contributed by atoms with van der Waals surface area (Å²) < 4.78 is 7.40. The van der Waals surface area contributed by atoms with Gasteiger partial charge in [0.2, 0.25) is 0 Å². The fourth-order valence-corrected chi connectivity index (χ4v) is 3.59. The van der Waals surface area contributed by atoms with Crippen molar-refractivity contribution in [3.8, 4) is 0 Å². The first-order valence-electron chi connectivity index (χ1n) is 9.36. The minimum Gasteiger partial charge on any atom is -0.461 e. The third kappa shape index (κ3) is 3.43. The number of ether oxygens (including phenoxy) is 1. The van der Waals surface area contributed by atoms with E-state index < -0.39 is 0 Å². The third-order valence-corrected chi connectivity index (χ3v) is 4.83. The van der Waals surface area contributed by atoms with E-state index in [-0.39, 0.29) is 5.97 Å². The average molecular weight is 358 g/mol. The normalized spacial score (nSPS) is 11.1. The Balaban J connectivity index is 1.69. The van der Waals surface area contributed by atoms with Crippen LogP contribution in [0.15, 0.2) is 66.9 Å². The van der Waals surface area contributed by atoms with Crippen molar-refractivity contribution in [2.45, 2.75) is 26.3 Å². The first-order valence-corrected chi connectivity index (χ1v) is 9.36. The Morgan fingerprint density at radius 1 is 1.00 bits per heavy atom. The van der Waals surface area contributed by atoms with E-state index in [9.17, 15) is 4.79 Å². The molecule has 27 heavy (non-hydrogen) atoms. The Labute approximate surface area is 158 Å². The molecule has 0 N–H and O–H groups in total. The molecule has 0 atom stereocenters. The van der Waals surface area contributed by atoms with Crippen LogP contribution in [0.2, 0.25) is 0 Å². The molecular weight excluding hydrogens is 336 g/mol. The molecule has 4 heteroatoms. The van der Waals surface area contributed by atoms with Crippen LogP contribution < -0.4 is 0 Å². The fourth-order valence-electron chi connectivity index (χ4n) is 3.59. The number of fused-ring (bicyclic) bond motifs is 3. The molecule has 0 bridgehead atoms. The lowest BCUT2D eigenvalue weighted by Gasteiger charge is -2.08. The highest BCUT2D eigenvalue weighted by atomic mass is 16.5. The summed E-state index contributed by atoms with van der Waals surface area (Å²) in [6.45, 7) is 3.05. The number of pyridine rings is 1. The number of carbonyl (C=O) groups excluding carboxylic acids is 1. The van der Waals surface area contributed by atoms with E-state index in [1.165, 1.54) is 11.1 Å². The predicted octanol–water partition coefficient (Wildman–Crippen LogP) is 5.00. The number of benzene rings is 2. The molecule has 4 rings (SSSR count). The zero-order chi connectivity index (χ0) is 18.6. The highest BCUT2D eigenvalue weighted by molar-refractivity contribution is 6.09. The molecule has 0 saturated heterocycles. The number of hydrogen-bond acceptors (Lipinski definition) is 3. The van der Waals surface area contributed by atoms with Crippen molar-refractivity contribution in [2.75, 3.05) is 6.61 Å². The SMILES string of the molecule is CCOC(=O)c1cc2c3ccccc3n(CCCc3ccccc3)c2cn1. The molecule has 0 amide bonds. The minimum atomic E-state index is -0.375. The standard InChI is InChI=1S/C23H22N2O2/c1-2-27-23(26)20-15-19-18-12-6-7-13-21(18)25(22(19)16-24-20)14-8-11-17-9-4-3-5-10-17/h3-7,9-10,12-13,15-16H,2,8,11,14H2,1H3. The van der Waals surface area contributed by atoms with E-state index in [0.29, 0.717) is 12.3 Å². The van der Waals surface area contributed by atoms with Gasteiger partial charge in [0.1, 0.15) is 5.69 Å². The number of para-hydroxylation sites is 1. The van der Waals surface area contributed by atoms with E-state index in [1.54, 1.807) is 13.1 Å². The zero-order valence-corrected chi connectivity index (χ0v) is 15.4. The molecule has 0 radical (unpaired) electrons. The number of hydrogen-bond donors (Lipinski definition) is 0. The van der Waals surface area contributed by atoms with Crippen LogP contribution in [0.5, 0.6) is 0 Å². The molecule has 0 aliphatic carbocycles. The highest BCUT2D eigenvalue weighted by Gasteiger charge is 2.15. The maximum atomic E-state index is 12.1. The Kier molecular flexibility index (Phi) is 4.88. The molecule has 0 spiro atoms. The lowest BCUT2D eigenvalue weighted by Crippen LogP contribution is -2.07. The van der Waals surface area contributed by atoms with Gasteiger partial charge in [0.25, 0.3) is 0 Å². The zero-order valence-electron chi connectivity index (χ0n) is 15.4. The second-order valence-corrected chi connectivity index (χ2v) is 6.57. The Morgan fingerprint density at radius 2 is 1.78 bits per heavy atom. The van der Waals surface area contributed by atoms with Crippen molar-refractivity contribution in [3.63, 3.8) is 0 Å². The summed E-state index contributed by atoms with van der Waals surface area (Å²) in [6.07, 6.45) is 3.87. The van der Waals surface area contributed by atoms with Crippen molar-refractivity contribution in [2.24, 2.45) is 0 Å². The van der Waals surface area contributed by atoms with Crippen molar-refractivity contribution >= 4 is 27.8 Å². The fraction of sp³-hybridized carbons (Fsp3) is 0.217. The topological polar surface area (TPSA) is 44.1 Å². The number of aromatic nitrogens is 2. The molecule has 136 valence electrons. The summed E-state index contributed by atoms with van der Waals surface area (Å²) in [5.74, 6) is -0.375. The van der Waals surface area contributed by atoms with E-state index in [4.69, 9.17) is 4.74 Å². The summed E-state index contributed by atoms with van der Waals surface area (Å²) >= 11 is 0. The van der Waals surface area contributed by atoms with Gasteiger partial charge in [-0.2, -0.15) is 0 Å². The van der Waals surface area contributed by atoms with Crippen LogP contribution in [0.3, 0.4) is 0 Å². The van der Waals surface area contributed by atoms with Crippen LogP contribution in [-0.4, -0.2) is 22.1 Å². The number of rotatable bonds is 6. The molecular formula is C23H22N2O2. The molecule has 2 aromatic carbocycles. The van der Waals surface area contributed by atoms with E-state index >= 15 is 0 Å². The summed E-state index contributed by atoms with van der Waals surface area (Å²) in [4.78, 5) is 16.4. The molecule has 0 aliphatic heterocycles. The summed E-state index contributed by atoms with van der Waals surface area (Å²) in [5, 5.41) is 2.18. The molecule has 4 aromatic rings. The summed E-state index contributed by atoms with van der Waals surface area (Å²) in [7, 11) is 0. The van der Waals surface area contributed by atoms with Gasteiger partial charge >= 0.3 is 5.97 Å². The van der Waals surface area contributed by atoms with Gasteiger partial charge in [-0.1, -0.05) is 48.5 Å². The van der Waals surface area contributed by atoms with E-state index in [0.717, 1.165) is 35.7 Å². The van der Waals surface area contributed by atoms with Crippen molar-refractivity contribution in [1.29, 1.82) is 0 Å². The highest BCUT2D eigenvalue weighted by Crippen LogP contribution is 2.29.